The molecule has 1 aromatic heterocycles. The van der Waals surface area contributed by atoms with Gasteiger partial charge in [-0.2, -0.15) is 0 Å². The average molecular weight is 265 g/mol. The number of ether oxygens (including phenoxy) is 1. The lowest BCUT2D eigenvalue weighted by molar-refractivity contribution is -0.139. The second-order valence-corrected chi connectivity index (χ2v) is 3.60. The molecule has 0 aliphatic rings. The number of alkyl halides is 2. The third-order valence-electron chi connectivity index (χ3n) is 2.21. The van der Waals surface area contributed by atoms with Crippen LogP contribution in [0.15, 0.2) is 6.20 Å². The van der Waals surface area contributed by atoms with E-state index >= 15 is 0 Å². The molecule has 0 spiro atoms. The molecule has 7 heteroatoms. The quantitative estimate of drug-likeness (QED) is 0.843. The lowest BCUT2D eigenvalue weighted by Gasteiger charge is -2.11. The minimum Gasteiger partial charge on any atom is -0.469 e. The van der Waals surface area contributed by atoms with Crippen LogP contribution in [-0.4, -0.2) is 18.1 Å². The summed E-state index contributed by atoms with van der Waals surface area (Å²) in [6.07, 6.45) is -1.80. The van der Waals surface area contributed by atoms with Crippen LogP contribution >= 0.6 is 11.6 Å². The van der Waals surface area contributed by atoms with Gasteiger partial charge in [0.05, 0.1) is 18.6 Å². The van der Waals surface area contributed by atoms with Gasteiger partial charge in [-0.3, -0.25) is 9.78 Å². The lowest BCUT2D eigenvalue weighted by Crippen LogP contribution is -2.12. The van der Waals surface area contributed by atoms with Gasteiger partial charge in [0.15, 0.2) is 0 Å². The molecule has 4 nitrogen and oxygen atoms in total. The number of hydrogen-bond acceptors (Lipinski definition) is 4. The number of methoxy groups -OCH3 is 1. The minimum atomic E-state index is -2.80. The average Bonchev–Trinajstić information content (AvgIpc) is 2.30. The fourth-order valence-corrected chi connectivity index (χ4v) is 1.63. The number of pyridine rings is 1. The van der Waals surface area contributed by atoms with E-state index in [1.807, 2.05) is 0 Å². The van der Waals surface area contributed by atoms with Gasteiger partial charge in [-0.1, -0.05) is 11.6 Å². The zero-order chi connectivity index (χ0) is 13.0. The van der Waals surface area contributed by atoms with Gasteiger partial charge in [-0.25, -0.2) is 8.78 Å². The van der Waals surface area contributed by atoms with Crippen LogP contribution < -0.4 is 5.73 Å². The summed E-state index contributed by atoms with van der Waals surface area (Å²) in [5.41, 5.74) is 5.56. The smallest absolute Gasteiger partial charge is 0.310 e. The Hall–Kier alpha value is -1.27. The van der Waals surface area contributed by atoms with Gasteiger partial charge < -0.3 is 10.5 Å². The molecule has 0 aromatic carbocycles. The Bertz CT molecular complexity index is 427. The summed E-state index contributed by atoms with van der Waals surface area (Å²) in [5.74, 6) is -0.576. The Morgan fingerprint density at radius 2 is 2.29 bits per heavy atom. The Morgan fingerprint density at radius 3 is 2.76 bits per heavy atom. The van der Waals surface area contributed by atoms with Crippen LogP contribution in [0, 0.1) is 0 Å². The summed E-state index contributed by atoms with van der Waals surface area (Å²) in [6, 6.07) is 0. The van der Waals surface area contributed by atoms with Gasteiger partial charge in [-0.05, 0) is 11.1 Å². The van der Waals surface area contributed by atoms with E-state index in [9.17, 15) is 13.6 Å². The molecule has 0 saturated heterocycles. The third kappa shape index (κ3) is 3.10. The number of nitrogens with two attached hydrogens (primary N) is 1. The Morgan fingerprint density at radius 1 is 1.65 bits per heavy atom. The van der Waals surface area contributed by atoms with Crippen molar-refractivity contribution in [2.24, 2.45) is 5.73 Å². The minimum absolute atomic E-state index is 0.0581. The van der Waals surface area contributed by atoms with Crippen LogP contribution in [0.4, 0.5) is 8.78 Å². The summed E-state index contributed by atoms with van der Waals surface area (Å²) in [7, 11) is 1.20. The van der Waals surface area contributed by atoms with E-state index in [2.05, 4.69) is 9.72 Å². The number of carbonyl (C=O) groups is 1. The summed E-state index contributed by atoms with van der Waals surface area (Å²) in [5, 5.41) is -0.228. The first-order valence-corrected chi connectivity index (χ1v) is 5.10. The first-order chi connectivity index (χ1) is 8.01. The van der Waals surface area contributed by atoms with Gasteiger partial charge in [0, 0.05) is 12.7 Å². The number of aromatic nitrogens is 1. The first kappa shape index (κ1) is 13.8. The van der Waals surface area contributed by atoms with Crippen molar-refractivity contribution < 1.29 is 18.3 Å². The van der Waals surface area contributed by atoms with Crippen LogP contribution in [0.3, 0.4) is 0 Å². The molecule has 0 amide bonds. The Balaban J connectivity index is 3.22. The van der Waals surface area contributed by atoms with Crippen molar-refractivity contribution in [1.82, 2.24) is 4.98 Å². The zero-order valence-corrected chi connectivity index (χ0v) is 9.80. The van der Waals surface area contributed by atoms with Gasteiger partial charge in [0.25, 0.3) is 6.43 Å². The molecule has 0 aliphatic heterocycles. The first-order valence-electron chi connectivity index (χ1n) is 4.72. The number of hydrogen-bond donors (Lipinski definition) is 1. The highest BCUT2D eigenvalue weighted by molar-refractivity contribution is 6.32. The zero-order valence-electron chi connectivity index (χ0n) is 9.04. The van der Waals surface area contributed by atoms with Crippen molar-refractivity contribution in [1.29, 1.82) is 0 Å². The van der Waals surface area contributed by atoms with Gasteiger partial charge in [0.1, 0.15) is 5.69 Å². The number of carbonyl (C=O) groups excluding carboxylic acids is 1. The SMILES string of the molecule is COC(=O)Cc1c(CN)cnc(C(F)F)c1Cl. The number of rotatable bonds is 4. The summed E-state index contributed by atoms with van der Waals surface area (Å²) >= 11 is 5.78. The Kier molecular flexibility index (Phi) is 4.77. The van der Waals surface area contributed by atoms with Crippen LogP contribution in [0.25, 0.3) is 0 Å². The maximum Gasteiger partial charge on any atom is 0.310 e. The van der Waals surface area contributed by atoms with E-state index in [1.54, 1.807) is 0 Å². The molecule has 1 aromatic rings. The summed E-state index contributed by atoms with van der Waals surface area (Å²) < 4.78 is 29.6. The molecule has 0 saturated carbocycles. The molecule has 0 unspecified atom stereocenters. The Labute approximate surface area is 102 Å². The second kappa shape index (κ2) is 5.88. The highest BCUT2D eigenvalue weighted by Crippen LogP contribution is 2.30. The van der Waals surface area contributed by atoms with Crippen LogP contribution in [0.1, 0.15) is 23.2 Å². The summed E-state index contributed by atoms with van der Waals surface area (Å²) in [6.45, 7) is 0.0581. The molecular formula is C10H11ClF2N2O2. The van der Waals surface area contributed by atoms with E-state index in [1.165, 1.54) is 13.3 Å². The van der Waals surface area contributed by atoms with E-state index in [0.29, 0.717) is 5.56 Å². The fraction of sp³-hybridized carbons (Fsp3) is 0.400. The van der Waals surface area contributed by atoms with Gasteiger partial charge in [-0.15, -0.1) is 0 Å². The molecule has 0 aliphatic carbocycles. The van der Waals surface area contributed by atoms with Crippen molar-refractivity contribution in [3.63, 3.8) is 0 Å². The van der Waals surface area contributed by atoms with Crippen LogP contribution in [0.2, 0.25) is 5.02 Å². The third-order valence-corrected chi connectivity index (χ3v) is 2.63. The predicted octanol–water partition coefficient (Wildman–Crippen LogP) is 1.85. The molecule has 1 heterocycles. The van der Waals surface area contributed by atoms with Gasteiger partial charge in [0.2, 0.25) is 0 Å². The maximum absolute atomic E-state index is 12.6. The largest absolute Gasteiger partial charge is 0.469 e. The molecule has 1 rings (SSSR count). The summed E-state index contributed by atoms with van der Waals surface area (Å²) in [4.78, 5) is 14.7. The molecule has 94 valence electrons. The molecule has 0 fully saturated rings. The highest BCUT2D eigenvalue weighted by Gasteiger charge is 2.20. The molecule has 0 radical (unpaired) electrons. The van der Waals surface area contributed by atoms with E-state index in [-0.39, 0.29) is 23.6 Å². The molecule has 17 heavy (non-hydrogen) atoms. The topological polar surface area (TPSA) is 65.2 Å². The molecule has 0 atom stereocenters. The van der Waals surface area contributed by atoms with E-state index in [4.69, 9.17) is 17.3 Å². The molecule has 0 bridgehead atoms. The number of esters is 1. The monoisotopic (exact) mass is 264 g/mol. The van der Waals surface area contributed by atoms with Crippen molar-refractivity contribution in [2.45, 2.75) is 19.4 Å². The van der Waals surface area contributed by atoms with Crippen molar-refractivity contribution >= 4 is 17.6 Å². The van der Waals surface area contributed by atoms with Crippen molar-refractivity contribution in [2.75, 3.05) is 7.11 Å². The second-order valence-electron chi connectivity index (χ2n) is 3.22. The molecular weight excluding hydrogens is 254 g/mol. The van der Waals surface area contributed by atoms with Crippen molar-refractivity contribution in [3.05, 3.63) is 28.0 Å². The lowest BCUT2D eigenvalue weighted by atomic mass is 10.1. The van der Waals surface area contributed by atoms with Crippen LogP contribution in [0.5, 0.6) is 0 Å². The normalized spacial score (nSPS) is 10.7. The molecule has 2 N–H and O–H groups in total. The fourth-order valence-electron chi connectivity index (χ4n) is 1.31. The maximum atomic E-state index is 12.6. The van der Waals surface area contributed by atoms with E-state index in [0.717, 1.165) is 0 Å². The highest BCUT2D eigenvalue weighted by atomic mass is 35.5. The van der Waals surface area contributed by atoms with Crippen molar-refractivity contribution in [3.8, 4) is 0 Å². The predicted molar refractivity (Wildman–Crippen MR) is 57.8 cm³/mol. The van der Waals surface area contributed by atoms with E-state index < -0.39 is 18.1 Å². The van der Waals surface area contributed by atoms with Crippen LogP contribution in [-0.2, 0) is 22.5 Å². The standard InChI is InChI=1S/C10H11ClF2N2O2/c1-17-7(16)2-6-5(3-14)4-15-9(8(6)11)10(12)13/h4,10H,2-3,14H2,1H3. The number of halogens is 3. The number of nitrogens with zero attached hydrogens (tertiary/aromatic N) is 1. The van der Waals surface area contributed by atoms with Gasteiger partial charge >= 0.3 is 5.97 Å².